The number of carboxylic acids is 2. The van der Waals surface area contributed by atoms with Crippen LogP contribution in [0, 0.1) is 11.8 Å². The highest BCUT2D eigenvalue weighted by molar-refractivity contribution is 5.94. The topological polar surface area (TPSA) is 430 Å². The van der Waals surface area contributed by atoms with E-state index in [9.17, 15) is 90.7 Å². The Labute approximate surface area is 452 Å². The molecule has 17 N–H and O–H groups in total. The molecule has 21 atom stereocenters. The number of rotatable bonds is 5. The molecule has 0 saturated carbocycles. The van der Waals surface area contributed by atoms with Gasteiger partial charge in [-0.05, 0) is 33.1 Å². The molecule has 0 unspecified atom stereocenters. The predicted octanol–water partition coefficient (Wildman–Crippen LogP) is -1.96. The first-order chi connectivity index (χ1) is 36.5. The number of fused-ring (bicyclic) bond motifs is 2. The monoisotopic (exact) mass is 1110 g/mol. The third-order valence-electron chi connectivity index (χ3n) is 14.5. The Bertz CT molecular complexity index is 2160. The number of likely N-dealkylation sites (tertiary alicyclic amines) is 1. The fraction of sp³-hybridized carbons (Fsp3) is 0.660. The highest BCUT2D eigenvalue weighted by atomic mass is 16.7. The standard InChI is InChI=1S/C53H81N3O22/c1-29-17-15-13-11-9-7-5-6-8-10-12-14-16-18-36(77-47-46(66)42(54)45(65)32(4)76-47)24-40-43(55-50(71)56-27-52(73,48(67)68)53(74,28-56)49(69)70)39(62)26-51(72,78-40)25-35(59)22-38(61)37(60)20-19-33(57)21-34(58)23-41(63)75-31(3)30(2)44(29)64/h5-18,29-40,42-47,57-62,64-66,72-74H,19-28,54H2,1-4H3,(H,55,71)(H,67,68)(H,69,70)/b6-5+,9-7+,10-8+,13-11+,14-12+,17-15+,18-16+/t29-,30-,31-,32+,33+,34+,35-,36-,37+,38+,39-,40-,42-,43+,44+,45+,46-,47-,51+,52-,53+/m0/s1. The van der Waals surface area contributed by atoms with Crippen molar-refractivity contribution in [1.82, 2.24) is 10.2 Å². The highest BCUT2D eigenvalue weighted by Crippen LogP contribution is 2.37. The van der Waals surface area contributed by atoms with Crippen molar-refractivity contribution in [3.63, 3.8) is 0 Å². The molecule has 4 aliphatic heterocycles. The van der Waals surface area contributed by atoms with Gasteiger partial charge in [0, 0.05) is 37.5 Å². The lowest BCUT2D eigenvalue weighted by molar-refractivity contribution is -0.303. The maximum absolute atomic E-state index is 13.8. The van der Waals surface area contributed by atoms with Gasteiger partial charge in [-0.1, -0.05) is 98.9 Å². The minimum atomic E-state index is -3.39. The number of nitrogens with one attached hydrogen (secondary N) is 1. The molecule has 0 spiro atoms. The lowest BCUT2D eigenvalue weighted by Gasteiger charge is -2.47. The number of carbonyl (C=O) groups excluding carboxylic acids is 2. The molecule has 3 saturated heterocycles. The van der Waals surface area contributed by atoms with E-state index < -0.39 is 190 Å². The van der Waals surface area contributed by atoms with E-state index in [2.05, 4.69) is 5.32 Å². The lowest BCUT2D eigenvalue weighted by Crippen LogP contribution is -2.64. The van der Waals surface area contributed by atoms with E-state index >= 15 is 0 Å². The van der Waals surface area contributed by atoms with E-state index in [1.165, 1.54) is 19.1 Å². The molecule has 0 aromatic carbocycles. The summed E-state index contributed by atoms with van der Waals surface area (Å²) in [6, 6.07) is -4.17. The van der Waals surface area contributed by atoms with Crippen molar-refractivity contribution in [3.05, 3.63) is 85.1 Å². The average molecular weight is 1110 g/mol. The molecule has 0 radical (unpaired) electrons. The van der Waals surface area contributed by atoms with Crippen molar-refractivity contribution in [2.45, 2.75) is 194 Å². The number of nitrogens with two attached hydrogens (primary N) is 1. The van der Waals surface area contributed by atoms with Crippen LogP contribution < -0.4 is 11.1 Å². The number of aliphatic carboxylic acids is 2. The summed E-state index contributed by atoms with van der Waals surface area (Å²) in [5.41, 5.74) is -0.692. The number of hydrogen-bond acceptors (Lipinski definition) is 21. The molecule has 3 fully saturated rings. The van der Waals surface area contributed by atoms with E-state index in [0.29, 0.717) is 4.90 Å². The average Bonchev–Trinajstić information content (AvgIpc) is 3.71. The minimum absolute atomic E-state index is 0.177. The summed E-state index contributed by atoms with van der Waals surface area (Å²) < 4.78 is 23.5. The van der Waals surface area contributed by atoms with Crippen molar-refractivity contribution >= 4 is 23.9 Å². The van der Waals surface area contributed by atoms with Crippen LogP contribution >= 0.6 is 0 Å². The molecule has 0 aromatic rings. The van der Waals surface area contributed by atoms with Crippen LogP contribution in [0.15, 0.2) is 85.1 Å². The van der Waals surface area contributed by atoms with Crippen LogP contribution in [0.25, 0.3) is 0 Å². The number of amides is 2. The normalized spacial score (nSPS) is 44.6. The third-order valence-corrected chi connectivity index (χ3v) is 14.5. The molecular weight excluding hydrogens is 1030 g/mol. The van der Waals surface area contributed by atoms with Crippen LogP contribution in [-0.2, 0) is 33.3 Å². The van der Waals surface area contributed by atoms with Crippen molar-refractivity contribution in [2.75, 3.05) is 13.1 Å². The number of esters is 1. The Morgan fingerprint density at radius 2 is 1.18 bits per heavy atom. The number of ether oxygens (including phenoxy) is 4. The Balaban J connectivity index is 1.66. The second-order valence-electron chi connectivity index (χ2n) is 20.9. The molecule has 2 amide bonds. The minimum Gasteiger partial charge on any atom is -0.479 e. The Hall–Kier alpha value is -4.78. The van der Waals surface area contributed by atoms with Gasteiger partial charge in [0.25, 0.3) is 0 Å². The van der Waals surface area contributed by atoms with Crippen LogP contribution in [0.5, 0.6) is 0 Å². The molecule has 4 heterocycles. The lowest BCUT2D eigenvalue weighted by atomic mass is 9.86. The summed E-state index contributed by atoms with van der Waals surface area (Å²) in [5, 5.41) is 154. The molecule has 0 aliphatic carbocycles. The SMILES string of the molecule is C[C@@H]1[C@H](O)[C@@H](C)/C=C/C=C/C=C/C=C/C=C/C=C/C=C/[C@H](O[C@@H]2O[C@H](C)[C@@H](O)[C@H](N)[C@@H]2O)C[C@@H]2O[C@](O)(C[C@@H](O)C[C@@H](O)[C@H](O)CC[C@@H](O)C[C@@H](O)CC(=O)O[C@H]1C)C[C@H](O)[C@H]2NC(=O)N1C[C@@](O)(C(=O)O)[C@@](O)(C(=O)O)C1. The zero-order valence-corrected chi connectivity index (χ0v) is 44.1. The summed E-state index contributed by atoms with van der Waals surface area (Å²) in [6.07, 6.45) is 0.618. The van der Waals surface area contributed by atoms with Crippen LogP contribution in [0.1, 0.15) is 79.1 Å². The first kappa shape index (κ1) is 65.7. The van der Waals surface area contributed by atoms with Gasteiger partial charge in [0.2, 0.25) is 11.2 Å². The van der Waals surface area contributed by atoms with Crippen molar-refractivity contribution < 1.29 is 110 Å². The van der Waals surface area contributed by atoms with Gasteiger partial charge in [-0.15, -0.1) is 0 Å². The summed E-state index contributed by atoms with van der Waals surface area (Å²) in [4.78, 5) is 51.1. The molecule has 440 valence electrons. The van der Waals surface area contributed by atoms with E-state index in [-0.39, 0.29) is 25.2 Å². The molecule has 25 nitrogen and oxygen atoms in total. The summed E-state index contributed by atoms with van der Waals surface area (Å²) >= 11 is 0. The van der Waals surface area contributed by atoms with E-state index in [1.54, 1.807) is 93.7 Å². The Kier molecular flexibility index (Phi) is 25.0. The molecule has 4 aliphatic rings. The van der Waals surface area contributed by atoms with E-state index in [4.69, 9.17) is 24.7 Å². The van der Waals surface area contributed by atoms with Crippen LogP contribution in [0.3, 0.4) is 0 Å². The van der Waals surface area contributed by atoms with Gasteiger partial charge >= 0.3 is 23.9 Å². The number of hydrogen-bond donors (Lipinski definition) is 16. The van der Waals surface area contributed by atoms with E-state index in [0.717, 1.165) is 0 Å². The zero-order valence-electron chi connectivity index (χ0n) is 44.1. The summed E-state index contributed by atoms with van der Waals surface area (Å²) in [6.45, 7) is 4.14. The Morgan fingerprint density at radius 1 is 0.641 bits per heavy atom. The molecule has 2 bridgehead atoms. The van der Waals surface area contributed by atoms with Gasteiger partial charge in [-0.2, -0.15) is 0 Å². The van der Waals surface area contributed by atoms with Gasteiger partial charge in [0.1, 0.15) is 12.2 Å². The van der Waals surface area contributed by atoms with E-state index in [1.807, 2.05) is 0 Å². The quantitative estimate of drug-likeness (QED) is 0.133. The van der Waals surface area contributed by atoms with Crippen LogP contribution in [0.4, 0.5) is 4.79 Å². The number of nitrogens with zero attached hydrogens (tertiary/aromatic N) is 1. The fourth-order valence-electron chi connectivity index (χ4n) is 9.57. The summed E-state index contributed by atoms with van der Waals surface area (Å²) in [5.74, 6) is -8.40. The summed E-state index contributed by atoms with van der Waals surface area (Å²) in [7, 11) is 0. The van der Waals surface area contributed by atoms with Gasteiger partial charge < -0.3 is 106 Å². The number of aliphatic hydroxyl groups is 12. The van der Waals surface area contributed by atoms with Crippen molar-refractivity contribution in [3.8, 4) is 0 Å². The maximum Gasteiger partial charge on any atom is 0.341 e. The number of β-amino-alcohol motifs (C(OH)–C–C–N with tert-alkyl or cyclic N) is 2. The number of allylic oxidation sites excluding steroid dienone is 12. The molecule has 25 heteroatoms. The number of urea groups is 1. The number of carbonyl (C=O) groups is 4. The number of carboxylic acid groups (broad SMARTS) is 2. The number of aliphatic hydroxyl groups excluding tert-OH is 9. The van der Waals surface area contributed by atoms with Gasteiger partial charge in [0.15, 0.2) is 12.1 Å². The third kappa shape index (κ3) is 18.1. The van der Waals surface area contributed by atoms with Gasteiger partial charge in [-0.3, -0.25) is 4.79 Å². The molecule has 4 rings (SSSR count). The van der Waals surface area contributed by atoms with Crippen molar-refractivity contribution in [2.24, 2.45) is 17.6 Å². The largest absolute Gasteiger partial charge is 0.479 e. The Morgan fingerprint density at radius 3 is 1.73 bits per heavy atom. The van der Waals surface area contributed by atoms with Crippen LogP contribution in [-0.4, -0.2) is 228 Å². The van der Waals surface area contributed by atoms with Gasteiger partial charge in [0.05, 0.1) is 98.7 Å². The molecule has 78 heavy (non-hydrogen) atoms. The second kappa shape index (κ2) is 29.6. The fourth-order valence-corrected chi connectivity index (χ4v) is 9.57. The smallest absolute Gasteiger partial charge is 0.341 e. The maximum atomic E-state index is 13.8. The number of cyclic esters (lactones) is 1. The first-order valence-electron chi connectivity index (χ1n) is 26.0. The molecular formula is C53H81N3O22. The predicted molar refractivity (Wildman–Crippen MR) is 275 cm³/mol. The van der Waals surface area contributed by atoms with Crippen LogP contribution in [0.2, 0.25) is 0 Å². The van der Waals surface area contributed by atoms with Gasteiger partial charge in [-0.25, -0.2) is 14.4 Å². The zero-order chi connectivity index (χ0) is 58.3. The molecule has 0 aromatic heterocycles. The second-order valence-corrected chi connectivity index (χ2v) is 20.9. The van der Waals surface area contributed by atoms with Crippen molar-refractivity contribution in [1.29, 1.82) is 0 Å². The first-order valence-corrected chi connectivity index (χ1v) is 26.0. The highest BCUT2D eigenvalue weighted by Gasteiger charge is 2.67.